The lowest BCUT2D eigenvalue weighted by Gasteiger charge is -2.07. The number of hydrogen-bond donors (Lipinski definition) is 1. The number of benzene rings is 7. The fourth-order valence-electron chi connectivity index (χ4n) is 6.17. The highest BCUT2D eigenvalue weighted by molar-refractivity contribution is 6.00. The first kappa shape index (κ1) is 35.6. The number of esters is 1. The molecule has 0 bridgehead atoms. The Morgan fingerprint density at radius 3 is 1.30 bits per heavy atom. The predicted molar refractivity (Wildman–Crippen MR) is 216 cm³/mol. The molecule has 7 rings (SSSR count). The molecule has 5 heteroatoms. The summed E-state index contributed by atoms with van der Waals surface area (Å²) in [5, 5.41) is 17.5. The topological polar surface area (TPSA) is 65.0 Å². The van der Waals surface area contributed by atoms with E-state index in [1.807, 2.05) is 66.7 Å². The Hall–Kier alpha value is -6.83. The van der Waals surface area contributed by atoms with Gasteiger partial charge >= 0.3 is 5.97 Å². The summed E-state index contributed by atoms with van der Waals surface area (Å²) in [4.78, 5) is 13.2. The van der Waals surface area contributed by atoms with Gasteiger partial charge in [0.05, 0.1) is 38.6 Å². The van der Waals surface area contributed by atoms with Gasteiger partial charge in [0.15, 0.2) is 0 Å². The molecule has 0 aliphatic rings. The highest BCUT2D eigenvalue weighted by Gasteiger charge is 2.10. The molecule has 0 amide bonds. The van der Waals surface area contributed by atoms with Crippen LogP contribution in [0.1, 0.15) is 43.7 Å². The quantitative estimate of drug-likeness (QED) is 0.0711. The molecule has 0 unspecified atom stereocenters. The van der Waals surface area contributed by atoms with E-state index in [1.54, 1.807) is 12.1 Å². The second kappa shape index (κ2) is 16.7. The van der Waals surface area contributed by atoms with Crippen LogP contribution in [0.3, 0.4) is 0 Å². The van der Waals surface area contributed by atoms with Crippen LogP contribution in [0.2, 0.25) is 0 Å². The number of carbonyl (C=O) groups excluding carboxylic acids is 1. The molecular formula is C49H34O5. The van der Waals surface area contributed by atoms with Gasteiger partial charge in [-0.3, -0.25) is 0 Å². The van der Waals surface area contributed by atoms with Gasteiger partial charge in [-0.25, -0.2) is 4.79 Å². The Morgan fingerprint density at radius 1 is 0.444 bits per heavy atom. The van der Waals surface area contributed by atoms with Crippen molar-refractivity contribution in [1.29, 1.82) is 0 Å². The Kier molecular flexibility index (Phi) is 11.0. The molecular weight excluding hydrogens is 669 g/mol. The van der Waals surface area contributed by atoms with E-state index in [-0.39, 0.29) is 26.4 Å². The molecule has 1 N–H and O–H groups in total. The van der Waals surface area contributed by atoms with Crippen molar-refractivity contribution in [3.8, 4) is 48.4 Å². The summed E-state index contributed by atoms with van der Waals surface area (Å²) in [5.74, 6) is 17.9. The third kappa shape index (κ3) is 8.61. The van der Waals surface area contributed by atoms with Gasteiger partial charge < -0.3 is 19.3 Å². The molecule has 0 saturated carbocycles. The number of fused-ring (bicyclic) bond motifs is 4. The first-order valence-corrected chi connectivity index (χ1v) is 17.5. The molecule has 0 atom stereocenters. The summed E-state index contributed by atoms with van der Waals surface area (Å²) in [6, 6.07) is 38.0. The second-order valence-electron chi connectivity index (χ2n) is 12.6. The lowest BCUT2D eigenvalue weighted by molar-refractivity contribution is 0.00919. The van der Waals surface area contributed by atoms with Crippen LogP contribution in [0.25, 0.3) is 43.1 Å². The number of carbonyl (C=O) groups is 1. The fourth-order valence-corrected chi connectivity index (χ4v) is 6.17. The zero-order chi connectivity index (χ0) is 37.3. The van der Waals surface area contributed by atoms with Crippen LogP contribution in [0, 0.1) is 48.4 Å². The van der Waals surface area contributed by atoms with Crippen molar-refractivity contribution in [2.75, 3.05) is 39.6 Å². The maximum Gasteiger partial charge on any atom is 0.338 e. The third-order valence-electron chi connectivity index (χ3n) is 8.86. The fraction of sp³-hybridized carbons (Fsp3) is 0.122. The minimum Gasteiger partial charge on any atom is -0.460 e. The zero-order valence-corrected chi connectivity index (χ0v) is 29.4. The average Bonchev–Trinajstić information content (AvgIpc) is 3.20. The molecule has 54 heavy (non-hydrogen) atoms. The van der Waals surface area contributed by atoms with Crippen molar-refractivity contribution in [3.05, 3.63) is 154 Å². The van der Waals surface area contributed by atoms with E-state index in [9.17, 15) is 4.79 Å². The van der Waals surface area contributed by atoms with E-state index < -0.39 is 5.97 Å². The maximum atomic E-state index is 13.2. The molecule has 5 nitrogen and oxygen atoms in total. The largest absolute Gasteiger partial charge is 0.460 e. The van der Waals surface area contributed by atoms with Crippen molar-refractivity contribution in [1.82, 2.24) is 0 Å². The van der Waals surface area contributed by atoms with E-state index in [4.69, 9.17) is 32.2 Å². The van der Waals surface area contributed by atoms with Gasteiger partial charge in [-0.15, -0.1) is 12.8 Å². The normalized spacial score (nSPS) is 10.6. The highest BCUT2D eigenvalue weighted by Crippen LogP contribution is 2.26. The Labute approximate surface area is 314 Å². The average molecular weight is 703 g/mol. The van der Waals surface area contributed by atoms with Gasteiger partial charge in [-0.1, -0.05) is 59.8 Å². The van der Waals surface area contributed by atoms with Crippen LogP contribution in [0.15, 0.2) is 115 Å². The monoisotopic (exact) mass is 702 g/mol. The number of hydrogen-bond acceptors (Lipinski definition) is 5. The van der Waals surface area contributed by atoms with Crippen LogP contribution in [0.4, 0.5) is 0 Å². The SMILES string of the molecule is C#Cc1ccc2cc3ccc(C#Cc4cc(C#Cc5ccc6cc7ccc(C#C)cc7cc6c5)cc(C(=O)OCCOCCOCCO)c4)cc3cc2c1. The molecule has 0 spiro atoms. The third-order valence-corrected chi connectivity index (χ3v) is 8.86. The molecule has 7 aromatic rings. The summed E-state index contributed by atoms with van der Waals surface area (Å²) in [5.41, 5.74) is 4.90. The van der Waals surface area contributed by atoms with Gasteiger partial charge in [-0.2, -0.15) is 0 Å². The van der Waals surface area contributed by atoms with Gasteiger partial charge in [0.1, 0.15) is 6.61 Å². The number of rotatable bonds is 9. The molecule has 0 aliphatic carbocycles. The number of terminal acetylenes is 2. The predicted octanol–water partition coefficient (Wildman–Crippen LogP) is 8.24. The van der Waals surface area contributed by atoms with Gasteiger partial charge in [-0.05, 0) is 134 Å². The van der Waals surface area contributed by atoms with E-state index in [2.05, 4.69) is 71.9 Å². The molecule has 0 saturated heterocycles. The minimum atomic E-state index is -0.505. The Bertz CT molecular complexity index is 2600. The summed E-state index contributed by atoms with van der Waals surface area (Å²) >= 11 is 0. The first-order valence-electron chi connectivity index (χ1n) is 17.5. The molecule has 0 fully saturated rings. The van der Waals surface area contributed by atoms with Crippen molar-refractivity contribution in [2.24, 2.45) is 0 Å². The van der Waals surface area contributed by atoms with Gasteiger partial charge in [0, 0.05) is 33.4 Å². The van der Waals surface area contributed by atoms with Crippen LogP contribution in [-0.2, 0) is 14.2 Å². The van der Waals surface area contributed by atoms with Crippen LogP contribution < -0.4 is 0 Å². The Morgan fingerprint density at radius 2 is 0.833 bits per heavy atom. The lowest BCUT2D eigenvalue weighted by Crippen LogP contribution is -2.14. The molecule has 0 heterocycles. The molecule has 0 radical (unpaired) electrons. The zero-order valence-electron chi connectivity index (χ0n) is 29.4. The second-order valence-corrected chi connectivity index (χ2v) is 12.6. The Balaban J connectivity index is 1.17. The van der Waals surface area contributed by atoms with Gasteiger partial charge in [0.2, 0.25) is 0 Å². The smallest absolute Gasteiger partial charge is 0.338 e. The van der Waals surface area contributed by atoms with Crippen molar-refractivity contribution < 1.29 is 24.1 Å². The standard InChI is InChI=1S/C49H34O5/c1-3-34-9-13-40-30-42-15-11-36(26-46(42)32-44(40)24-34)5-7-38-23-39(29-48(28-38)49(51)54-22-21-53-20-19-52-18-17-50)8-6-37-12-16-43-31-41-14-10-35(4-2)25-45(41)33-47(43)27-37/h1-2,9-16,23-33,50H,17-22H2. The van der Waals surface area contributed by atoms with E-state index >= 15 is 0 Å². The lowest BCUT2D eigenvalue weighted by atomic mass is 10.00. The summed E-state index contributed by atoms with van der Waals surface area (Å²) < 4.78 is 16.2. The maximum absolute atomic E-state index is 13.2. The number of aliphatic hydroxyl groups excluding tert-OH is 1. The molecule has 7 aromatic carbocycles. The number of ether oxygens (including phenoxy) is 3. The first-order chi connectivity index (χ1) is 26.5. The minimum absolute atomic E-state index is 0.0460. The van der Waals surface area contributed by atoms with Crippen LogP contribution >= 0.6 is 0 Å². The molecule has 0 aromatic heterocycles. The van der Waals surface area contributed by atoms with Crippen LogP contribution in [-0.4, -0.2) is 50.7 Å². The van der Waals surface area contributed by atoms with Crippen molar-refractivity contribution in [3.63, 3.8) is 0 Å². The molecule has 0 aliphatic heterocycles. The van der Waals surface area contributed by atoms with E-state index in [1.165, 1.54) is 0 Å². The van der Waals surface area contributed by atoms with Crippen molar-refractivity contribution in [2.45, 2.75) is 0 Å². The van der Waals surface area contributed by atoms with Crippen LogP contribution in [0.5, 0.6) is 0 Å². The highest BCUT2D eigenvalue weighted by atomic mass is 16.6. The van der Waals surface area contributed by atoms with Crippen molar-refractivity contribution >= 4 is 49.1 Å². The molecule has 260 valence electrons. The summed E-state index contributed by atoms with van der Waals surface area (Å²) in [7, 11) is 0. The number of aliphatic hydroxyl groups is 1. The van der Waals surface area contributed by atoms with E-state index in [0.29, 0.717) is 29.9 Å². The summed E-state index contributed by atoms with van der Waals surface area (Å²) in [6.07, 6.45) is 11.3. The van der Waals surface area contributed by atoms with Gasteiger partial charge in [0.25, 0.3) is 0 Å². The van der Waals surface area contributed by atoms with E-state index in [0.717, 1.165) is 65.3 Å². The summed E-state index contributed by atoms with van der Waals surface area (Å²) in [6.45, 7) is 1.16.